The topological polar surface area (TPSA) is 84.4 Å². The summed E-state index contributed by atoms with van der Waals surface area (Å²) in [6, 6.07) is 4.00. The standard InChI is InChI=1S/C12H15F3N4O2/c13-12(14,15)8-2-1-3-18(7-8)10-4-9(17-16)5-11(6-10)19(20)21/h4-6,8,17H,1-3,7,16H2. The molecule has 0 aliphatic carbocycles. The van der Waals surface area contributed by atoms with Crippen LogP contribution in [0.2, 0.25) is 0 Å². The number of rotatable bonds is 3. The molecule has 0 aromatic heterocycles. The number of nitrogens with two attached hydrogens (primary N) is 1. The molecule has 0 spiro atoms. The van der Waals surface area contributed by atoms with Gasteiger partial charge in [-0.1, -0.05) is 0 Å². The summed E-state index contributed by atoms with van der Waals surface area (Å²) in [7, 11) is 0. The molecule has 0 saturated carbocycles. The first-order valence-electron chi connectivity index (χ1n) is 6.39. The summed E-state index contributed by atoms with van der Waals surface area (Å²) < 4.78 is 38.4. The number of nitro benzene ring substituents is 1. The molecule has 3 N–H and O–H groups in total. The first-order chi connectivity index (χ1) is 9.81. The minimum atomic E-state index is -4.26. The number of hydrogen-bond donors (Lipinski definition) is 2. The molecule has 1 heterocycles. The number of alkyl halides is 3. The SMILES string of the molecule is NNc1cc(N2CCCC(C(F)(F)F)C2)cc([N+](=O)[O-])c1. The minimum Gasteiger partial charge on any atom is -0.371 e. The second kappa shape index (κ2) is 5.76. The van der Waals surface area contributed by atoms with Crippen LogP contribution >= 0.6 is 0 Å². The lowest BCUT2D eigenvalue weighted by atomic mass is 9.97. The van der Waals surface area contributed by atoms with Crippen molar-refractivity contribution in [2.24, 2.45) is 11.8 Å². The normalized spacial score (nSPS) is 19.4. The molecule has 21 heavy (non-hydrogen) atoms. The summed E-state index contributed by atoms with van der Waals surface area (Å²) in [5, 5.41) is 10.9. The Hall–Kier alpha value is -2.03. The second-order valence-corrected chi connectivity index (χ2v) is 4.97. The van der Waals surface area contributed by atoms with Crippen molar-refractivity contribution in [2.75, 3.05) is 23.4 Å². The molecule has 1 atom stereocenters. The van der Waals surface area contributed by atoms with Crippen molar-refractivity contribution in [1.29, 1.82) is 0 Å². The molecule has 1 aliphatic heterocycles. The lowest BCUT2D eigenvalue weighted by molar-refractivity contribution is -0.384. The fraction of sp³-hybridized carbons (Fsp3) is 0.500. The Labute approximate surface area is 118 Å². The van der Waals surface area contributed by atoms with E-state index in [0.29, 0.717) is 18.7 Å². The Kier molecular flexibility index (Phi) is 4.21. The molecule has 0 bridgehead atoms. The minimum absolute atomic E-state index is 0.0803. The van der Waals surface area contributed by atoms with Crippen molar-refractivity contribution < 1.29 is 18.1 Å². The molecule has 1 aromatic carbocycles. The van der Waals surface area contributed by atoms with Crippen molar-refractivity contribution in [3.8, 4) is 0 Å². The molecule has 1 fully saturated rings. The van der Waals surface area contributed by atoms with E-state index in [-0.39, 0.29) is 24.3 Å². The summed E-state index contributed by atoms with van der Waals surface area (Å²) in [6.45, 7) is 0.229. The zero-order chi connectivity index (χ0) is 15.6. The van der Waals surface area contributed by atoms with Crippen LogP contribution in [0.4, 0.5) is 30.2 Å². The average molecular weight is 304 g/mol. The van der Waals surface area contributed by atoms with Crippen LogP contribution in [0.25, 0.3) is 0 Å². The molecule has 6 nitrogen and oxygen atoms in total. The third-order valence-electron chi connectivity index (χ3n) is 3.53. The van der Waals surface area contributed by atoms with Crippen LogP contribution in [0.1, 0.15) is 12.8 Å². The van der Waals surface area contributed by atoms with E-state index in [1.807, 2.05) is 0 Å². The summed E-state index contributed by atoms with van der Waals surface area (Å²) in [5.41, 5.74) is 2.73. The van der Waals surface area contributed by atoms with Gasteiger partial charge in [0.25, 0.3) is 5.69 Å². The van der Waals surface area contributed by atoms with Gasteiger partial charge in [0.05, 0.1) is 16.5 Å². The first kappa shape index (κ1) is 15.4. The van der Waals surface area contributed by atoms with Gasteiger partial charge in [-0.15, -0.1) is 0 Å². The van der Waals surface area contributed by atoms with Gasteiger partial charge in [0.1, 0.15) is 0 Å². The van der Waals surface area contributed by atoms with Gasteiger partial charge in [-0.2, -0.15) is 13.2 Å². The molecular weight excluding hydrogens is 289 g/mol. The van der Waals surface area contributed by atoms with Crippen LogP contribution in [0.5, 0.6) is 0 Å². The quantitative estimate of drug-likeness (QED) is 0.509. The van der Waals surface area contributed by atoms with E-state index in [9.17, 15) is 23.3 Å². The van der Waals surface area contributed by atoms with E-state index in [1.54, 1.807) is 0 Å². The van der Waals surface area contributed by atoms with Crippen molar-refractivity contribution in [2.45, 2.75) is 19.0 Å². The predicted octanol–water partition coefficient (Wildman–Crippen LogP) is 2.66. The van der Waals surface area contributed by atoms with Gasteiger partial charge in [0.15, 0.2) is 0 Å². The number of nitrogen functional groups attached to an aromatic ring is 1. The molecule has 1 unspecified atom stereocenters. The number of hydrazine groups is 1. The van der Waals surface area contributed by atoms with E-state index in [4.69, 9.17) is 5.84 Å². The van der Waals surface area contributed by atoms with Crippen molar-refractivity contribution in [1.82, 2.24) is 0 Å². The molecule has 9 heteroatoms. The smallest absolute Gasteiger partial charge is 0.371 e. The molecule has 1 aromatic rings. The number of anilines is 2. The predicted molar refractivity (Wildman–Crippen MR) is 71.9 cm³/mol. The van der Waals surface area contributed by atoms with E-state index >= 15 is 0 Å². The van der Waals surface area contributed by atoms with Gasteiger partial charge < -0.3 is 10.3 Å². The van der Waals surface area contributed by atoms with Gasteiger partial charge >= 0.3 is 6.18 Å². The van der Waals surface area contributed by atoms with E-state index in [1.165, 1.54) is 23.1 Å². The average Bonchev–Trinajstić information content (AvgIpc) is 2.46. The second-order valence-electron chi connectivity index (χ2n) is 4.97. The Morgan fingerprint density at radius 2 is 2.10 bits per heavy atom. The van der Waals surface area contributed by atoms with Gasteiger partial charge in [0, 0.05) is 30.9 Å². The first-order valence-corrected chi connectivity index (χ1v) is 6.39. The summed E-state index contributed by atoms with van der Waals surface area (Å²) in [6.07, 6.45) is -3.79. The van der Waals surface area contributed by atoms with E-state index in [2.05, 4.69) is 5.43 Å². The maximum Gasteiger partial charge on any atom is 0.393 e. The third-order valence-corrected chi connectivity index (χ3v) is 3.53. The maximum atomic E-state index is 12.8. The number of nitrogens with zero attached hydrogens (tertiary/aromatic N) is 2. The van der Waals surface area contributed by atoms with E-state index in [0.717, 1.165) is 0 Å². The lowest BCUT2D eigenvalue weighted by Crippen LogP contribution is -2.41. The zero-order valence-corrected chi connectivity index (χ0v) is 11.1. The van der Waals surface area contributed by atoms with E-state index < -0.39 is 17.0 Å². The largest absolute Gasteiger partial charge is 0.393 e. The van der Waals surface area contributed by atoms with Gasteiger partial charge in [0.2, 0.25) is 0 Å². The molecule has 2 rings (SSSR count). The molecule has 1 aliphatic rings. The van der Waals surface area contributed by atoms with Gasteiger partial charge in [-0.05, 0) is 18.9 Å². The third kappa shape index (κ3) is 3.54. The highest BCUT2D eigenvalue weighted by Crippen LogP contribution is 2.36. The maximum absolute atomic E-state index is 12.8. The number of piperidine rings is 1. The number of halogens is 3. The highest BCUT2D eigenvalue weighted by Gasteiger charge is 2.42. The molecule has 116 valence electrons. The number of nitrogens with one attached hydrogen (secondary N) is 1. The number of hydrogen-bond acceptors (Lipinski definition) is 5. The number of benzene rings is 1. The Morgan fingerprint density at radius 3 is 2.67 bits per heavy atom. The Bertz CT molecular complexity index is 536. The summed E-state index contributed by atoms with van der Waals surface area (Å²) in [4.78, 5) is 11.8. The van der Waals surface area contributed by atoms with Gasteiger partial charge in [-0.25, -0.2) is 0 Å². The van der Waals surface area contributed by atoms with Crippen LogP contribution in [-0.2, 0) is 0 Å². The van der Waals surface area contributed by atoms with Crippen LogP contribution in [0.15, 0.2) is 18.2 Å². The van der Waals surface area contributed by atoms with Crippen molar-refractivity contribution >= 4 is 17.1 Å². The summed E-state index contributed by atoms with van der Waals surface area (Å²) >= 11 is 0. The number of non-ortho nitro benzene ring substituents is 1. The van der Waals surface area contributed by atoms with Gasteiger partial charge in [-0.3, -0.25) is 16.0 Å². The molecular formula is C12H15F3N4O2. The number of nitro groups is 1. The van der Waals surface area contributed by atoms with Crippen LogP contribution in [0.3, 0.4) is 0 Å². The highest BCUT2D eigenvalue weighted by atomic mass is 19.4. The molecule has 1 saturated heterocycles. The fourth-order valence-electron chi connectivity index (χ4n) is 2.45. The zero-order valence-electron chi connectivity index (χ0n) is 11.1. The van der Waals surface area contributed by atoms with Crippen LogP contribution in [0, 0.1) is 16.0 Å². The molecule has 0 amide bonds. The lowest BCUT2D eigenvalue weighted by Gasteiger charge is -2.35. The Balaban J connectivity index is 2.28. The monoisotopic (exact) mass is 304 g/mol. The van der Waals surface area contributed by atoms with Crippen LogP contribution < -0.4 is 16.2 Å². The molecule has 0 radical (unpaired) electrons. The van der Waals surface area contributed by atoms with Crippen LogP contribution in [-0.4, -0.2) is 24.2 Å². The highest BCUT2D eigenvalue weighted by molar-refractivity contribution is 5.64. The summed E-state index contributed by atoms with van der Waals surface area (Å²) in [5.74, 6) is 3.83. The van der Waals surface area contributed by atoms with Crippen molar-refractivity contribution in [3.63, 3.8) is 0 Å². The fourth-order valence-corrected chi connectivity index (χ4v) is 2.45. The Morgan fingerprint density at radius 1 is 1.38 bits per heavy atom. The van der Waals surface area contributed by atoms with Crippen molar-refractivity contribution in [3.05, 3.63) is 28.3 Å².